The smallest absolute Gasteiger partial charge is 0.419 e. The van der Waals surface area contributed by atoms with Crippen molar-refractivity contribution >= 4 is 12.2 Å². The maximum Gasteiger partial charge on any atom is 0.419 e. The molecule has 1 atom stereocenters. The van der Waals surface area contributed by atoms with Gasteiger partial charge in [0.15, 0.2) is 0 Å². The predicted octanol–water partition coefficient (Wildman–Crippen LogP) is 2.46. The Hall–Kier alpha value is -1.26. The van der Waals surface area contributed by atoms with Crippen molar-refractivity contribution in [1.29, 1.82) is 0 Å². The fraction of sp³-hybridized carbons (Fsp3) is 0.818. The zero-order valence-corrected chi connectivity index (χ0v) is 9.22. The summed E-state index contributed by atoms with van der Waals surface area (Å²) in [6.07, 6.45) is 4.88. The second-order valence-corrected chi connectivity index (χ2v) is 4.62. The first kappa shape index (κ1) is 11.2. The number of imide groups is 1. The molecule has 5 heteroatoms. The second kappa shape index (κ2) is 4.72. The Kier molecular flexibility index (Phi) is 3.31. The molecule has 0 aromatic rings. The fourth-order valence-corrected chi connectivity index (χ4v) is 2.68. The van der Waals surface area contributed by atoms with E-state index in [-0.39, 0.29) is 12.6 Å². The summed E-state index contributed by atoms with van der Waals surface area (Å²) < 4.78 is 4.79. The van der Waals surface area contributed by atoms with Crippen LogP contribution in [0, 0.1) is 5.92 Å². The molecule has 5 nitrogen and oxygen atoms in total. The molecule has 16 heavy (non-hydrogen) atoms. The summed E-state index contributed by atoms with van der Waals surface area (Å²) in [5.41, 5.74) is 0. The van der Waals surface area contributed by atoms with Gasteiger partial charge in [-0.2, -0.15) is 0 Å². The lowest BCUT2D eigenvalue weighted by atomic mass is 9.85. The summed E-state index contributed by atoms with van der Waals surface area (Å²) in [5, 5.41) is 8.91. The summed E-state index contributed by atoms with van der Waals surface area (Å²) in [6.45, 7) is 0.224. The van der Waals surface area contributed by atoms with Crippen LogP contribution >= 0.6 is 0 Å². The van der Waals surface area contributed by atoms with Gasteiger partial charge in [0.05, 0.1) is 6.04 Å². The zero-order valence-electron chi connectivity index (χ0n) is 9.22. The number of ether oxygens (including phenoxy) is 1. The molecule has 0 bridgehead atoms. The molecule has 2 rings (SSSR count). The molecule has 0 aromatic carbocycles. The highest BCUT2D eigenvalue weighted by Gasteiger charge is 2.39. The van der Waals surface area contributed by atoms with Crippen LogP contribution in [0.1, 0.15) is 38.5 Å². The number of amides is 2. The molecule has 1 saturated heterocycles. The third-order valence-corrected chi connectivity index (χ3v) is 3.50. The number of carboxylic acid groups (broad SMARTS) is 1. The van der Waals surface area contributed by atoms with Crippen LogP contribution in [0.4, 0.5) is 9.59 Å². The molecule has 1 aliphatic heterocycles. The Morgan fingerprint density at radius 3 is 2.69 bits per heavy atom. The highest BCUT2D eigenvalue weighted by molar-refractivity contribution is 5.88. The maximum atomic E-state index is 11.2. The van der Waals surface area contributed by atoms with E-state index in [1.54, 1.807) is 0 Å². The summed E-state index contributed by atoms with van der Waals surface area (Å²) in [6, 6.07) is -0.270. The van der Waals surface area contributed by atoms with Crippen molar-refractivity contribution in [2.45, 2.75) is 44.6 Å². The average molecular weight is 227 g/mol. The minimum atomic E-state index is -1.19. The van der Waals surface area contributed by atoms with Crippen LogP contribution < -0.4 is 0 Å². The van der Waals surface area contributed by atoms with Crippen LogP contribution in [0.15, 0.2) is 0 Å². The van der Waals surface area contributed by atoms with Gasteiger partial charge >= 0.3 is 12.2 Å². The molecule has 2 aliphatic rings. The van der Waals surface area contributed by atoms with E-state index < -0.39 is 12.2 Å². The van der Waals surface area contributed by atoms with Gasteiger partial charge < -0.3 is 9.84 Å². The predicted molar refractivity (Wildman–Crippen MR) is 56.2 cm³/mol. The SMILES string of the molecule is O=C(O)N1C(=O)OC[C@@H]1CC1CCCCC1. The van der Waals surface area contributed by atoms with Gasteiger partial charge in [0.1, 0.15) is 6.61 Å². The van der Waals surface area contributed by atoms with E-state index in [4.69, 9.17) is 9.84 Å². The lowest BCUT2D eigenvalue weighted by Crippen LogP contribution is -2.39. The molecule has 1 aliphatic carbocycles. The monoisotopic (exact) mass is 227 g/mol. The number of carbonyl (C=O) groups is 2. The largest absolute Gasteiger partial charge is 0.465 e. The van der Waals surface area contributed by atoms with Gasteiger partial charge in [0.25, 0.3) is 0 Å². The minimum absolute atomic E-state index is 0.224. The molecule has 0 unspecified atom stereocenters. The van der Waals surface area contributed by atoms with Crippen molar-refractivity contribution in [3.63, 3.8) is 0 Å². The topological polar surface area (TPSA) is 66.8 Å². The molecule has 2 fully saturated rings. The molecule has 1 N–H and O–H groups in total. The Labute approximate surface area is 94.4 Å². The highest BCUT2D eigenvalue weighted by atomic mass is 16.6. The quantitative estimate of drug-likeness (QED) is 0.786. The van der Waals surface area contributed by atoms with E-state index in [0.29, 0.717) is 5.92 Å². The molecule has 1 heterocycles. The van der Waals surface area contributed by atoms with Crippen LogP contribution in [0.5, 0.6) is 0 Å². The molecular formula is C11H17NO4. The van der Waals surface area contributed by atoms with Crippen LogP contribution in [-0.4, -0.2) is 34.8 Å². The summed E-state index contributed by atoms with van der Waals surface area (Å²) >= 11 is 0. The van der Waals surface area contributed by atoms with Gasteiger partial charge in [-0.3, -0.25) is 0 Å². The summed E-state index contributed by atoms with van der Waals surface area (Å²) in [7, 11) is 0. The molecule has 0 spiro atoms. The van der Waals surface area contributed by atoms with Crippen molar-refractivity contribution in [3.05, 3.63) is 0 Å². The third-order valence-electron chi connectivity index (χ3n) is 3.50. The van der Waals surface area contributed by atoms with Crippen LogP contribution in [-0.2, 0) is 4.74 Å². The van der Waals surface area contributed by atoms with Gasteiger partial charge in [0, 0.05) is 0 Å². The van der Waals surface area contributed by atoms with Crippen molar-refractivity contribution < 1.29 is 19.4 Å². The number of cyclic esters (lactones) is 1. The number of hydrogen-bond acceptors (Lipinski definition) is 3. The second-order valence-electron chi connectivity index (χ2n) is 4.62. The number of carbonyl (C=O) groups excluding carboxylic acids is 1. The minimum Gasteiger partial charge on any atom is -0.465 e. The first-order valence-corrected chi connectivity index (χ1v) is 5.87. The Morgan fingerprint density at radius 2 is 2.06 bits per heavy atom. The first-order valence-electron chi connectivity index (χ1n) is 5.87. The van der Waals surface area contributed by atoms with Crippen LogP contribution in [0.3, 0.4) is 0 Å². The van der Waals surface area contributed by atoms with Gasteiger partial charge in [-0.05, 0) is 12.3 Å². The van der Waals surface area contributed by atoms with Crippen LogP contribution in [0.2, 0.25) is 0 Å². The average Bonchev–Trinajstić information content (AvgIpc) is 2.61. The molecule has 0 radical (unpaired) electrons. The molecule has 0 aromatic heterocycles. The van der Waals surface area contributed by atoms with E-state index in [1.807, 2.05) is 0 Å². The number of rotatable bonds is 2. The number of hydrogen-bond donors (Lipinski definition) is 1. The Morgan fingerprint density at radius 1 is 1.38 bits per heavy atom. The summed E-state index contributed by atoms with van der Waals surface area (Å²) in [4.78, 5) is 22.9. The molecule has 1 saturated carbocycles. The molecule has 90 valence electrons. The van der Waals surface area contributed by atoms with Crippen molar-refractivity contribution in [2.24, 2.45) is 5.92 Å². The van der Waals surface area contributed by atoms with Gasteiger partial charge in [0.2, 0.25) is 0 Å². The van der Waals surface area contributed by atoms with E-state index in [2.05, 4.69) is 0 Å². The first-order chi connectivity index (χ1) is 7.68. The maximum absolute atomic E-state index is 11.2. The van der Waals surface area contributed by atoms with E-state index in [0.717, 1.165) is 24.2 Å². The van der Waals surface area contributed by atoms with E-state index in [1.165, 1.54) is 19.3 Å². The normalized spacial score (nSPS) is 26.9. The highest BCUT2D eigenvalue weighted by Crippen LogP contribution is 2.30. The van der Waals surface area contributed by atoms with E-state index in [9.17, 15) is 9.59 Å². The standard InChI is InChI=1S/C11H17NO4/c13-10(14)12-9(7-16-11(12)15)6-8-4-2-1-3-5-8/h8-9H,1-7H2,(H,13,14)/t9-/m0/s1. The molecule has 2 amide bonds. The van der Waals surface area contributed by atoms with Gasteiger partial charge in [-0.15, -0.1) is 0 Å². The van der Waals surface area contributed by atoms with Gasteiger partial charge in [-0.1, -0.05) is 32.1 Å². The Bertz CT molecular complexity index is 286. The summed E-state index contributed by atoms with van der Waals surface area (Å²) in [5.74, 6) is 0.551. The zero-order chi connectivity index (χ0) is 11.5. The fourth-order valence-electron chi connectivity index (χ4n) is 2.68. The van der Waals surface area contributed by atoms with Crippen molar-refractivity contribution in [2.75, 3.05) is 6.61 Å². The van der Waals surface area contributed by atoms with E-state index >= 15 is 0 Å². The third kappa shape index (κ3) is 2.28. The molecular weight excluding hydrogens is 210 g/mol. The van der Waals surface area contributed by atoms with Crippen molar-refractivity contribution in [1.82, 2.24) is 4.90 Å². The Balaban J connectivity index is 1.92. The van der Waals surface area contributed by atoms with Gasteiger partial charge in [-0.25, -0.2) is 14.5 Å². The van der Waals surface area contributed by atoms with Crippen molar-refractivity contribution in [3.8, 4) is 0 Å². The van der Waals surface area contributed by atoms with Crippen LogP contribution in [0.25, 0.3) is 0 Å². The number of nitrogens with zero attached hydrogens (tertiary/aromatic N) is 1. The lowest BCUT2D eigenvalue weighted by molar-refractivity contribution is 0.132. The lowest BCUT2D eigenvalue weighted by Gasteiger charge is -2.25.